The summed E-state index contributed by atoms with van der Waals surface area (Å²) < 4.78 is 42.0. The van der Waals surface area contributed by atoms with Gasteiger partial charge in [0, 0.05) is 13.1 Å². The molecule has 0 aliphatic carbocycles. The highest BCUT2D eigenvalue weighted by molar-refractivity contribution is 7.89. The molecule has 1 heterocycles. The molecule has 0 bridgehead atoms. The zero-order chi connectivity index (χ0) is 20.1. The first-order valence-corrected chi connectivity index (χ1v) is 10.9. The van der Waals surface area contributed by atoms with Crippen LogP contribution in [0.15, 0.2) is 59.5 Å². The molecule has 2 aromatic rings. The highest BCUT2D eigenvalue weighted by Gasteiger charge is 2.32. The summed E-state index contributed by atoms with van der Waals surface area (Å²) in [6.45, 7) is 3.35. The molecule has 1 atom stereocenters. The fourth-order valence-electron chi connectivity index (χ4n) is 3.39. The van der Waals surface area contributed by atoms with Gasteiger partial charge in [-0.1, -0.05) is 49.4 Å². The van der Waals surface area contributed by atoms with Gasteiger partial charge in [-0.15, -0.1) is 0 Å². The molecular formula is C21H25FN2O3S. The summed E-state index contributed by atoms with van der Waals surface area (Å²) in [5.74, 6) is -0.560. The number of amides is 1. The molecule has 5 nitrogen and oxygen atoms in total. The molecule has 1 fully saturated rings. The Morgan fingerprint density at radius 2 is 1.71 bits per heavy atom. The molecule has 1 unspecified atom stereocenters. The van der Waals surface area contributed by atoms with E-state index in [1.165, 1.54) is 18.2 Å². The Labute approximate surface area is 165 Å². The number of hydrogen-bond acceptors (Lipinski definition) is 3. The van der Waals surface area contributed by atoms with Crippen molar-refractivity contribution in [2.45, 2.75) is 37.1 Å². The standard InChI is InChI=1S/C21H25FN2O3S/c1-16-11-13-24(14-12-16)21(25)19(15-17-7-3-2-4-8-17)23-28(26,27)20-10-6-5-9-18(20)22/h2-10,16,19,23H,11-15H2,1H3. The maximum Gasteiger partial charge on any atom is 0.244 e. The minimum atomic E-state index is -4.18. The van der Waals surface area contributed by atoms with Crippen LogP contribution in [0, 0.1) is 11.7 Å². The second-order valence-electron chi connectivity index (χ2n) is 7.30. The molecule has 0 aromatic heterocycles. The third-order valence-electron chi connectivity index (χ3n) is 5.10. The number of likely N-dealkylation sites (tertiary alicyclic amines) is 1. The molecular weight excluding hydrogens is 379 g/mol. The molecule has 2 aromatic carbocycles. The third-order valence-corrected chi connectivity index (χ3v) is 6.60. The molecule has 150 valence electrons. The van der Waals surface area contributed by atoms with Crippen molar-refractivity contribution in [1.82, 2.24) is 9.62 Å². The van der Waals surface area contributed by atoms with E-state index in [0.717, 1.165) is 24.5 Å². The predicted octanol–water partition coefficient (Wildman–Crippen LogP) is 2.97. The first-order valence-electron chi connectivity index (χ1n) is 9.46. The van der Waals surface area contributed by atoms with Gasteiger partial charge in [0.25, 0.3) is 0 Å². The summed E-state index contributed by atoms with van der Waals surface area (Å²) in [6, 6.07) is 13.4. The fourth-order valence-corrected chi connectivity index (χ4v) is 4.66. The van der Waals surface area contributed by atoms with Crippen LogP contribution in [-0.4, -0.2) is 38.4 Å². The van der Waals surface area contributed by atoms with Gasteiger partial charge in [0.2, 0.25) is 15.9 Å². The van der Waals surface area contributed by atoms with Crippen LogP contribution < -0.4 is 4.72 Å². The summed E-state index contributed by atoms with van der Waals surface area (Å²) >= 11 is 0. The van der Waals surface area contributed by atoms with Gasteiger partial charge in [0.05, 0.1) is 0 Å². The Morgan fingerprint density at radius 3 is 2.36 bits per heavy atom. The first kappa shape index (κ1) is 20.5. The van der Waals surface area contributed by atoms with E-state index < -0.39 is 26.8 Å². The molecule has 1 aliphatic rings. The van der Waals surface area contributed by atoms with Crippen LogP contribution in [0.3, 0.4) is 0 Å². The Morgan fingerprint density at radius 1 is 1.11 bits per heavy atom. The smallest absolute Gasteiger partial charge is 0.244 e. The Hall–Kier alpha value is -2.25. The van der Waals surface area contributed by atoms with Crippen LogP contribution in [0.25, 0.3) is 0 Å². The molecule has 0 spiro atoms. The molecule has 1 amide bonds. The van der Waals surface area contributed by atoms with E-state index in [1.54, 1.807) is 4.90 Å². The number of benzene rings is 2. The van der Waals surface area contributed by atoms with Crippen LogP contribution in [0.5, 0.6) is 0 Å². The van der Waals surface area contributed by atoms with Gasteiger partial charge in [-0.05, 0) is 42.9 Å². The monoisotopic (exact) mass is 404 g/mol. The quantitative estimate of drug-likeness (QED) is 0.805. The largest absolute Gasteiger partial charge is 0.341 e. The van der Waals surface area contributed by atoms with Crippen molar-refractivity contribution in [2.75, 3.05) is 13.1 Å². The predicted molar refractivity (Wildman–Crippen MR) is 106 cm³/mol. The fraction of sp³-hybridized carbons (Fsp3) is 0.381. The SMILES string of the molecule is CC1CCN(C(=O)C(Cc2ccccc2)NS(=O)(=O)c2ccccc2F)CC1. The summed E-state index contributed by atoms with van der Waals surface area (Å²) in [4.78, 5) is 14.4. The number of hydrogen-bond donors (Lipinski definition) is 1. The minimum Gasteiger partial charge on any atom is -0.341 e. The van der Waals surface area contributed by atoms with Crippen molar-refractivity contribution >= 4 is 15.9 Å². The van der Waals surface area contributed by atoms with E-state index in [-0.39, 0.29) is 12.3 Å². The number of rotatable bonds is 6. The van der Waals surface area contributed by atoms with E-state index >= 15 is 0 Å². The number of carbonyl (C=O) groups is 1. The van der Waals surface area contributed by atoms with Gasteiger partial charge >= 0.3 is 0 Å². The summed E-state index contributed by atoms with van der Waals surface area (Å²) in [5.41, 5.74) is 0.836. The van der Waals surface area contributed by atoms with Crippen molar-refractivity contribution in [2.24, 2.45) is 5.92 Å². The molecule has 0 radical (unpaired) electrons. The summed E-state index contributed by atoms with van der Waals surface area (Å²) in [5, 5.41) is 0. The molecule has 0 saturated carbocycles. The second-order valence-corrected chi connectivity index (χ2v) is 8.98. The van der Waals surface area contributed by atoms with Gasteiger partial charge in [0.15, 0.2) is 0 Å². The third kappa shape index (κ3) is 4.97. The number of nitrogens with one attached hydrogen (secondary N) is 1. The van der Waals surface area contributed by atoms with Crippen LogP contribution in [-0.2, 0) is 21.2 Å². The lowest BCUT2D eigenvalue weighted by atomic mass is 9.98. The summed E-state index contributed by atoms with van der Waals surface area (Å²) in [6.07, 6.45) is 1.99. The van der Waals surface area contributed by atoms with Gasteiger partial charge < -0.3 is 4.90 Å². The molecule has 1 saturated heterocycles. The topological polar surface area (TPSA) is 66.5 Å². The van der Waals surface area contributed by atoms with E-state index in [9.17, 15) is 17.6 Å². The second kappa shape index (κ2) is 8.84. The maximum atomic E-state index is 14.0. The number of sulfonamides is 1. The average molecular weight is 405 g/mol. The Kier molecular flexibility index (Phi) is 6.46. The van der Waals surface area contributed by atoms with Crippen molar-refractivity contribution < 1.29 is 17.6 Å². The highest BCUT2D eigenvalue weighted by Crippen LogP contribution is 2.19. The molecule has 3 rings (SSSR count). The zero-order valence-electron chi connectivity index (χ0n) is 15.8. The van der Waals surface area contributed by atoms with Crippen LogP contribution in [0.2, 0.25) is 0 Å². The average Bonchev–Trinajstić information content (AvgIpc) is 2.68. The van der Waals surface area contributed by atoms with E-state index in [0.29, 0.717) is 19.0 Å². The molecule has 1 aliphatic heterocycles. The van der Waals surface area contributed by atoms with Crippen LogP contribution in [0.4, 0.5) is 4.39 Å². The normalized spacial score (nSPS) is 16.7. The van der Waals surface area contributed by atoms with Gasteiger partial charge in [-0.25, -0.2) is 12.8 Å². The van der Waals surface area contributed by atoms with E-state index in [1.807, 2.05) is 30.3 Å². The number of piperidine rings is 1. The lowest BCUT2D eigenvalue weighted by Gasteiger charge is -2.33. The minimum absolute atomic E-state index is 0.208. The van der Waals surface area contributed by atoms with Crippen LogP contribution >= 0.6 is 0 Å². The summed E-state index contributed by atoms with van der Waals surface area (Å²) in [7, 11) is -4.18. The highest BCUT2D eigenvalue weighted by atomic mass is 32.2. The van der Waals surface area contributed by atoms with Crippen molar-refractivity contribution in [3.63, 3.8) is 0 Å². The molecule has 1 N–H and O–H groups in total. The number of halogens is 1. The lowest BCUT2D eigenvalue weighted by molar-refractivity contribution is -0.134. The Bertz CT molecular complexity index is 910. The molecule has 28 heavy (non-hydrogen) atoms. The van der Waals surface area contributed by atoms with Gasteiger partial charge in [0.1, 0.15) is 16.8 Å². The molecule has 7 heteroatoms. The lowest BCUT2D eigenvalue weighted by Crippen LogP contribution is -2.51. The zero-order valence-corrected chi connectivity index (χ0v) is 16.7. The van der Waals surface area contributed by atoms with Crippen molar-refractivity contribution in [3.8, 4) is 0 Å². The van der Waals surface area contributed by atoms with E-state index in [2.05, 4.69) is 11.6 Å². The first-order chi connectivity index (χ1) is 13.4. The van der Waals surface area contributed by atoms with Crippen LogP contribution in [0.1, 0.15) is 25.3 Å². The van der Waals surface area contributed by atoms with Gasteiger partial charge in [-0.3, -0.25) is 4.79 Å². The van der Waals surface area contributed by atoms with Crippen molar-refractivity contribution in [3.05, 3.63) is 66.0 Å². The Balaban J connectivity index is 1.85. The number of nitrogens with zero attached hydrogens (tertiary/aromatic N) is 1. The van der Waals surface area contributed by atoms with Gasteiger partial charge in [-0.2, -0.15) is 4.72 Å². The maximum absolute atomic E-state index is 14.0. The number of carbonyl (C=O) groups excluding carboxylic acids is 1. The van der Waals surface area contributed by atoms with Crippen molar-refractivity contribution in [1.29, 1.82) is 0 Å². The van der Waals surface area contributed by atoms with E-state index in [4.69, 9.17) is 0 Å².